The van der Waals surface area contributed by atoms with Crippen molar-refractivity contribution in [1.82, 2.24) is 9.55 Å². The minimum atomic E-state index is -0.362. The van der Waals surface area contributed by atoms with Crippen molar-refractivity contribution in [3.8, 4) is 5.75 Å². The van der Waals surface area contributed by atoms with E-state index in [4.69, 9.17) is 16.3 Å². The van der Waals surface area contributed by atoms with Gasteiger partial charge in [0.05, 0.1) is 11.6 Å². The predicted octanol–water partition coefficient (Wildman–Crippen LogP) is 3.70. The van der Waals surface area contributed by atoms with E-state index in [1.54, 1.807) is 12.3 Å². The molecular weight excluding hydrogens is 267 g/mol. The highest BCUT2D eigenvalue weighted by molar-refractivity contribution is 6.32. The fourth-order valence-electron chi connectivity index (χ4n) is 1.81. The van der Waals surface area contributed by atoms with Crippen molar-refractivity contribution in [2.24, 2.45) is 5.92 Å². The second kappa shape index (κ2) is 6.06. The van der Waals surface area contributed by atoms with Gasteiger partial charge in [0.15, 0.2) is 0 Å². The van der Waals surface area contributed by atoms with Crippen LogP contribution in [0.5, 0.6) is 5.75 Å². The van der Waals surface area contributed by atoms with E-state index in [0.29, 0.717) is 23.3 Å². The summed E-state index contributed by atoms with van der Waals surface area (Å²) in [5.41, 5.74) is 0. The van der Waals surface area contributed by atoms with E-state index in [1.165, 1.54) is 12.1 Å². The van der Waals surface area contributed by atoms with Crippen molar-refractivity contribution in [1.29, 1.82) is 0 Å². The summed E-state index contributed by atoms with van der Waals surface area (Å²) in [6, 6.07) is 4.14. The smallest absolute Gasteiger partial charge is 0.138 e. The zero-order valence-electron chi connectivity index (χ0n) is 10.9. The molecule has 0 radical (unpaired) electrons. The van der Waals surface area contributed by atoms with Crippen LogP contribution in [0.15, 0.2) is 30.6 Å². The zero-order chi connectivity index (χ0) is 13.8. The van der Waals surface area contributed by atoms with E-state index in [0.717, 1.165) is 12.4 Å². The van der Waals surface area contributed by atoms with Gasteiger partial charge in [-0.25, -0.2) is 9.37 Å². The summed E-state index contributed by atoms with van der Waals surface area (Å²) in [6.07, 6.45) is 3.72. The molecule has 0 aliphatic rings. The normalized spacial score (nSPS) is 12.4. The molecule has 1 aromatic heterocycles. The van der Waals surface area contributed by atoms with Gasteiger partial charge in [-0.05, 0) is 25.1 Å². The molecule has 0 aliphatic heterocycles. The Balaban J connectivity index is 1.90. The van der Waals surface area contributed by atoms with Gasteiger partial charge in [0.25, 0.3) is 0 Å². The molecular formula is C14H16ClFN2O. The lowest BCUT2D eigenvalue weighted by atomic mass is 10.2. The first kappa shape index (κ1) is 13.9. The monoisotopic (exact) mass is 282 g/mol. The molecule has 5 heteroatoms. The second-order valence-electron chi connectivity index (χ2n) is 4.62. The van der Waals surface area contributed by atoms with Gasteiger partial charge in [-0.1, -0.05) is 18.5 Å². The number of rotatable bonds is 5. The third kappa shape index (κ3) is 3.70. The van der Waals surface area contributed by atoms with Crippen molar-refractivity contribution < 1.29 is 9.13 Å². The molecule has 0 spiro atoms. The standard InChI is InChI=1S/C14H16ClFN2O/c1-10(8-18-6-5-17-11(18)2)9-19-14-4-3-12(16)7-13(14)15/h3-7,10H,8-9H2,1-2H3. The Hall–Kier alpha value is -1.55. The highest BCUT2D eigenvalue weighted by Gasteiger charge is 2.08. The van der Waals surface area contributed by atoms with Gasteiger partial charge < -0.3 is 9.30 Å². The molecule has 3 nitrogen and oxygen atoms in total. The molecule has 0 saturated carbocycles. The molecule has 0 amide bonds. The number of benzene rings is 1. The number of hydrogen-bond donors (Lipinski definition) is 0. The van der Waals surface area contributed by atoms with E-state index >= 15 is 0 Å². The van der Waals surface area contributed by atoms with E-state index in [9.17, 15) is 4.39 Å². The summed E-state index contributed by atoms with van der Waals surface area (Å²) >= 11 is 5.90. The van der Waals surface area contributed by atoms with Crippen LogP contribution in [0.2, 0.25) is 5.02 Å². The first-order chi connectivity index (χ1) is 9.06. The molecule has 1 aromatic carbocycles. The number of hydrogen-bond acceptors (Lipinski definition) is 2. The van der Waals surface area contributed by atoms with Gasteiger partial charge in [0.1, 0.15) is 17.4 Å². The highest BCUT2D eigenvalue weighted by atomic mass is 35.5. The predicted molar refractivity (Wildman–Crippen MR) is 73.0 cm³/mol. The molecule has 1 unspecified atom stereocenters. The average molecular weight is 283 g/mol. The van der Waals surface area contributed by atoms with Gasteiger partial charge in [0, 0.05) is 24.9 Å². The summed E-state index contributed by atoms with van der Waals surface area (Å²) < 4.78 is 20.6. The Labute approximate surface area is 117 Å². The summed E-state index contributed by atoms with van der Waals surface area (Å²) in [4.78, 5) is 4.17. The van der Waals surface area contributed by atoms with Gasteiger partial charge >= 0.3 is 0 Å². The number of nitrogens with zero attached hydrogens (tertiary/aromatic N) is 2. The van der Waals surface area contributed by atoms with E-state index in [2.05, 4.69) is 16.5 Å². The van der Waals surface area contributed by atoms with Gasteiger partial charge in [-0.2, -0.15) is 0 Å². The average Bonchev–Trinajstić information content (AvgIpc) is 2.74. The molecule has 0 N–H and O–H groups in total. The molecule has 0 bridgehead atoms. The molecule has 1 heterocycles. The molecule has 102 valence electrons. The molecule has 0 saturated heterocycles. The maximum atomic E-state index is 12.9. The van der Waals surface area contributed by atoms with E-state index in [1.807, 2.05) is 13.1 Å². The van der Waals surface area contributed by atoms with Crippen molar-refractivity contribution in [3.63, 3.8) is 0 Å². The van der Waals surface area contributed by atoms with Gasteiger partial charge in [0.2, 0.25) is 0 Å². The number of aromatic nitrogens is 2. The minimum absolute atomic E-state index is 0.297. The van der Waals surface area contributed by atoms with Crippen LogP contribution in [-0.2, 0) is 6.54 Å². The van der Waals surface area contributed by atoms with Crippen LogP contribution in [-0.4, -0.2) is 16.2 Å². The van der Waals surface area contributed by atoms with E-state index < -0.39 is 0 Å². The topological polar surface area (TPSA) is 27.1 Å². The van der Waals surface area contributed by atoms with Crippen molar-refractivity contribution in [2.45, 2.75) is 20.4 Å². The summed E-state index contributed by atoms with van der Waals surface area (Å²) in [7, 11) is 0. The maximum absolute atomic E-state index is 12.9. The third-order valence-electron chi connectivity index (χ3n) is 2.85. The number of imidazole rings is 1. The van der Waals surface area contributed by atoms with Crippen LogP contribution < -0.4 is 4.74 Å². The molecule has 19 heavy (non-hydrogen) atoms. The van der Waals surface area contributed by atoms with Crippen LogP contribution in [0.25, 0.3) is 0 Å². The lowest BCUT2D eigenvalue weighted by Gasteiger charge is -2.15. The fourth-order valence-corrected chi connectivity index (χ4v) is 2.03. The highest BCUT2D eigenvalue weighted by Crippen LogP contribution is 2.25. The molecule has 0 fully saturated rings. The Bertz CT molecular complexity index is 556. The summed E-state index contributed by atoms with van der Waals surface area (Å²) in [5, 5.41) is 0.297. The number of ether oxygens (including phenoxy) is 1. The largest absolute Gasteiger partial charge is 0.492 e. The first-order valence-electron chi connectivity index (χ1n) is 6.12. The lowest BCUT2D eigenvalue weighted by molar-refractivity contribution is 0.243. The SMILES string of the molecule is Cc1nccn1CC(C)COc1ccc(F)cc1Cl. The molecule has 0 aliphatic carbocycles. The Morgan fingerprint density at radius 2 is 2.26 bits per heavy atom. The third-order valence-corrected chi connectivity index (χ3v) is 3.14. The minimum Gasteiger partial charge on any atom is -0.492 e. The quantitative estimate of drug-likeness (QED) is 0.836. The summed E-state index contributed by atoms with van der Waals surface area (Å²) in [6.45, 7) is 5.38. The van der Waals surface area contributed by atoms with Crippen LogP contribution in [0.1, 0.15) is 12.7 Å². The fraction of sp³-hybridized carbons (Fsp3) is 0.357. The van der Waals surface area contributed by atoms with Crippen LogP contribution in [0.3, 0.4) is 0 Å². The van der Waals surface area contributed by atoms with Crippen molar-refractivity contribution in [2.75, 3.05) is 6.61 Å². The number of halogens is 2. The molecule has 2 aromatic rings. The lowest BCUT2D eigenvalue weighted by Crippen LogP contribution is -2.16. The second-order valence-corrected chi connectivity index (χ2v) is 5.02. The van der Waals surface area contributed by atoms with Crippen molar-refractivity contribution >= 4 is 11.6 Å². The van der Waals surface area contributed by atoms with E-state index in [-0.39, 0.29) is 5.82 Å². The van der Waals surface area contributed by atoms with Gasteiger partial charge in [-0.15, -0.1) is 0 Å². The first-order valence-corrected chi connectivity index (χ1v) is 6.49. The Morgan fingerprint density at radius 3 is 2.89 bits per heavy atom. The zero-order valence-corrected chi connectivity index (χ0v) is 11.7. The Kier molecular flexibility index (Phi) is 4.43. The number of aryl methyl sites for hydroxylation is 1. The van der Waals surface area contributed by atoms with Crippen LogP contribution >= 0.6 is 11.6 Å². The molecule has 2 rings (SSSR count). The van der Waals surface area contributed by atoms with Crippen LogP contribution in [0.4, 0.5) is 4.39 Å². The summed E-state index contributed by atoms with van der Waals surface area (Å²) in [5.74, 6) is 1.43. The maximum Gasteiger partial charge on any atom is 0.138 e. The Morgan fingerprint density at radius 1 is 1.47 bits per heavy atom. The molecule has 1 atom stereocenters. The van der Waals surface area contributed by atoms with Crippen molar-refractivity contribution in [3.05, 3.63) is 47.3 Å². The van der Waals surface area contributed by atoms with Crippen LogP contribution in [0, 0.1) is 18.7 Å². The van der Waals surface area contributed by atoms with Gasteiger partial charge in [-0.3, -0.25) is 0 Å².